The van der Waals surface area contributed by atoms with Gasteiger partial charge in [0.15, 0.2) is 5.69 Å². The number of esters is 1. The van der Waals surface area contributed by atoms with Crippen LogP contribution in [0.2, 0.25) is 0 Å². The average Bonchev–Trinajstić information content (AvgIpc) is 2.64. The van der Waals surface area contributed by atoms with E-state index >= 15 is 0 Å². The van der Waals surface area contributed by atoms with Crippen LogP contribution in [0, 0.1) is 12.7 Å². The summed E-state index contributed by atoms with van der Waals surface area (Å²) in [7, 11) is 0. The molecular formula is C13H15FN2O2. The largest absolute Gasteiger partial charge is 0.461 e. The monoisotopic (exact) mass is 250 g/mol. The predicted molar refractivity (Wildman–Crippen MR) is 65.1 cm³/mol. The van der Waals surface area contributed by atoms with Crippen molar-refractivity contribution in [3.05, 3.63) is 35.5 Å². The maximum Gasteiger partial charge on any atom is 0.357 e. The van der Waals surface area contributed by atoms with Gasteiger partial charge < -0.3 is 4.74 Å². The standard InChI is InChI=1S/C13H15FN2O2/c1-3-4-7-18-13(17)12-9(2)15-11-8-10(14)5-6-16(11)12/h5-6,8H,3-4,7H2,1-2H3. The number of imidazole rings is 1. The molecule has 96 valence electrons. The Kier molecular flexibility index (Phi) is 3.60. The number of rotatable bonds is 4. The number of hydrogen-bond acceptors (Lipinski definition) is 3. The molecule has 0 saturated carbocycles. The number of pyridine rings is 1. The topological polar surface area (TPSA) is 43.6 Å². The van der Waals surface area contributed by atoms with Crippen molar-refractivity contribution in [3.8, 4) is 0 Å². The number of unbranched alkanes of at least 4 members (excludes halogenated alkanes) is 1. The summed E-state index contributed by atoms with van der Waals surface area (Å²) < 4.78 is 19.8. The van der Waals surface area contributed by atoms with E-state index in [-0.39, 0.29) is 5.82 Å². The number of halogens is 1. The molecule has 0 radical (unpaired) electrons. The third-order valence-corrected chi connectivity index (χ3v) is 2.69. The van der Waals surface area contributed by atoms with Gasteiger partial charge in [-0.1, -0.05) is 13.3 Å². The molecule has 0 bridgehead atoms. The van der Waals surface area contributed by atoms with Crippen LogP contribution in [0.4, 0.5) is 4.39 Å². The summed E-state index contributed by atoms with van der Waals surface area (Å²) in [5.74, 6) is -0.793. The number of aryl methyl sites for hydroxylation is 1. The van der Waals surface area contributed by atoms with E-state index < -0.39 is 5.97 Å². The van der Waals surface area contributed by atoms with Gasteiger partial charge in [-0.15, -0.1) is 0 Å². The number of hydrogen-bond donors (Lipinski definition) is 0. The molecule has 0 fully saturated rings. The zero-order valence-electron chi connectivity index (χ0n) is 10.4. The number of fused-ring (bicyclic) bond motifs is 1. The number of carbonyl (C=O) groups excluding carboxylic acids is 1. The zero-order chi connectivity index (χ0) is 13.1. The van der Waals surface area contributed by atoms with Crippen LogP contribution in [0.3, 0.4) is 0 Å². The van der Waals surface area contributed by atoms with Gasteiger partial charge in [0.25, 0.3) is 0 Å². The van der Waals surface area contributed by atoms with Gasteiger partial charge in [0.1, 0.15) is 11.5 Å². The molecule has 0 saturated heterocycles. The van der Waals surface area contributed by atoms with E-state index in [4.69, 9.17) is 4.74 Å². The Labute approximate surface area is 104 Å². The highest BCUT2D eigenvalue weighted by Crippen LogP contribution is 2.14. The molecule has 0 spiro atoms. The molecule has 2 rings (SSSR count). The second-order valence-corrected chi connectivity index (χ2v) is 4.11. The molecule has 2 aromatic heterocycles. The zero-order valence-corrected chi connectivity index (χ0v) is 10.4. The number of nitrogens with zero attached hydrogens (tertiary/aromatic N) is 2. The summed E-state index contributed by atoms with van der Waals surface area (Å²) in [4.78, 5) is 16.1. The van der Waals surface area contributed by atoms with E-state index in [0.29, 0.717) is 23.6 Å². The Morgan fingerprint density at radius 1 is 1.56 bits per heavy atom. The quantitative estimate of drug-likeness (QED) is 0.619. The first-order valence-corrected chi connectivity index (χ1v) is 5.94. The van der Waals surface area contributed by atoms with Crippen molar-refractivity contribution in [2.24, 2.45) is 0 Å². The lowest BCUT2D eigenvalue weighted by molar-refractivity contribution is 0.0490. The third-order valence-electron chi connectivity index (χ3n) is 2.69. The lowest BCUT2D eigenvalue weighted by atomic mass is 10.3. The minimum Gasteiger partial charge on any atom is -0.461 e. The molecule has 0 aliphatic heterocycles. The van der Waals surface area contributed by atoms with Crippen LogP contribution < -0.4 is 0 Å². The Hall–Kier alpha value is -1.91. The second kappa shape index (κ2) is 5.16. The van der Waals surface area contributed by atoms with Crippen molar-refractivity contribution in [3.63, 3.8) is 0 Å². The first-order chi connectivity index (χ1) is 8.63. The van der Waals surface area contributed by atoms with Crippen LogP contribution in [0.1, 0.15) is 35.9 Å². The van der Waals surface area contributed by atoms with E-state index in [1.807, 2.05) is 6.92 Å². The third kappa shape index (κ3) is 2.34. The van der Waals surface area contributed by atoms with Gasteiger partial charge in [0.05, 0.1) is 12.3 Å². The molecule has 0 amide bonds. The summed E-state index contributed by atoms with van der Waals surface area (Å²) in [6.45, 7) is 4.13. The van der Waals surface area contributed by atoms with Crippen LogP contribution in [0.25, 0.3) is 5.65 Å². The molecule has 0 unspecified atom stereocenters. The van der Waals surface area contributed by atoms with E-state index in [1.165, 1.54) is 18.3 Å². The van der Waals surface area contributed by atoms with E-state index in [1.54, 1.807) is 11.3 Å². The number of ether oxygens (including phenoxy) is 1. The van der Waals surface area contributed by atoms with Crippen molar-refractivity contribution in [1.29, 1.82) is 0 Å². The molecule has 0 N–H and O–H groups in total. The fourth-order valence-electron chi connectivity index (χ4n) is 1.76. The van der Waals surface area contributed by atoms with Crippen molar-refractivity contribution in [2.75, 3.05) is 6.61 Å². The summed E-state index contributed by atoms with van der Waals surface area (Å²) in [5, 5.41) is 0. The summed E-state index contributed by atoms with van der Waals surface area (Å²) in [6, 6.07) is 2.58. The van der Waals surface area contributed by atoms with Crippen molar-refractivity contribution >= 4 is 11.6 Å². The van der Waals surface area contributed by atoms with Gasteiger partial charge in [0, 0.05) is 12.3 Å². The molecule has 0 atom stereocenters. The highest BCUT2D eigenvalue weighted by atomic mass is 19.1. The van der Waals surface area contributed by atoms with Crippen LogP contribution >= 0.6 is 0 Å². The fourth-order valence-corrected chi connectivity index (χ4v) is 1.76. The van der Waals surface area contributed by atoms with E-state index in [9.17, 15) is 9.18 Å². The van der Waals surface area contributed by atoms with Crippen LogP contribution in [0.15, 0.2) is 18.3 Å². The first-order valence-electron chi connectivity index (χ1n) is 5.94. The van der Waals surface area contributed by atoms with Gasteiger partial charge in [-0.25, -0.2) is 14.2 Å². The van der Waals surface area contributed by atoms with Gasteiger partial charge in [-0.05, 0) is 19.4 Å². The Balaban J connectivity index is 2.32. The molecule has 5 heteroatoms. The summed E-state index contributed by atoms with van der Waals surface area (Å²) >= 11 is 0. The van der Waals surface area contributed by atoms with E-state index in [2.05, 4.69) is 4.98 Å². The van der Waals surface area contributed by atoms with Gasteiger partial charge in [-0.3, -0.25) is 4.40 Å². The van der Waals surface area contributed by atoms with Crippen molar-refractivity contribution < 1.29 is 13.9 Å². The van der Waals surface area contributed by atoms with Crippen molar-refractivity contribution in [2.45, 2.75) is 26.7 Å². The highest BCUT2D eigenvalue weighted by molar-refractivity contribution is 5.90. The normalized spacial score (nSPS) is 10.8. The van der Waals surface area contributed by atoms with Crippen LogP contribution in [-0.2, 0) is 4.74 Å². The minimum atomic E-state index is -0.417. The lowest BCUT2D eigenvalue weighted by Crippen LogP contribution is -2.10. The Morgan fingerprint density at radius 2 is 2.33 bits per heavy atom. The highest BCUT2D eigenvalue weighted by Gasteiger charge is 2.17. The van der Waals surface area contributed by atoms with Gasteiger partial charge in [-0.2, -0.15) is 0 Å². The molecule has 0 aliphatic carbocycles. The van der Waals surface area contributed by atoms with Crippen LogP contribution in [-0.4, -0.2) is 22.0 Å². The number of aromatic nitrogens is 2. The molecule has 2 aromatic rings. The molecule has 4 nitrogen and oxygen atoms in total. The maximum absolute atomic E-state index is 13.1. The minimum absolute atomic E-state index is 0.362. The fraction of sp³-hybridized carbons (Fsp3) is 0.385. The van der Waals surface area contributed by atoms with E-state index in [0.717, 1.165) is 12.8 Å². The van der Waals surface area contributed by atoms with Gasteiger partial charge >= 0.3 is 5.97 Å². The summed E-state index contributed by atoms with van der Waals surface area (Å²) in [5.41, 5.74) is 1.32. The second-order valence-electron chi connectivity index (χ2n) is 4.11. The molecule has 0 aromatic carbocycles. The molecular weight excluding hydrogens is 235 g/mol. The summed E-state index contributed by atoms with van der Waals surface area (Å²) in [6.07, 6.45) is 3.28. The molecule has 0 aliphatic rings. The molecule has 18 heavy (non-hydrogen) atoms. The Bertz CT molecular complexity index is 578. The predicted octanol–water partition coefficient (Wildman–Crippen LogP) is 2.74. The van der Waals surface area contributed by atoms with Gasteiger partial charge in [0.2, 0.25) is 0 Å². The average molecular weight is 250 g/mol. The smallest absolute Gasteiger partial charge is 0.357 e. The first kappa shape index (κ1) is 12.5. The Morgan fingerprint density at radius 3 is 3.06 bits per heavy atom. The van der Waals surface area contributed by atoms with Crippen molar-refractivity contribution in [1.82, 2.24) is 9.38 Å². The SMILES string of the molecule is CCCCOC(=O)c1c(C)nc2cc(F)ccn12. The number of carbonyl (C=O) groups is 1. The molecule has 2 heterocycles. The van der Waals surface area contributed by atoms with Crippen LogP contribution in [0.5, 0.6) is 0 Å². The maximum atomic E-state index is 13.1. The lowest BCUT2D eigenvalue weighted by Gasteiger charge is -2.04.